The Morgan fingerprint density at radius 3 is 2.67 bits per heavy atom. The summed E-state index contributed by atoms with van der Waals surface area (Å²) in [5, 5.41) is 8.47. The van der Waals surface area contributed by atoms with E-state index in [9.17, 15) is 9.59 Å². The van der Waals surface area contributed by atoms with Gasteiger partial charge in [-0.05, 0) is 13.0 Å². The second kappa shape index (κ2) is 4.63. The summed E-state index contributed by atoms with van der Waals surface area (Å²) >= 11 is 0. The summed E-state index contributed by atoms with van der Waals surface area (Å²) in [5.41, 5.74) is 0.752. The summed E-state index contributed by atoms with van der Waals surface area (Å²) in [4.78, 5) is 23.3. The van der Waals surface area contributed by atoms with Gasteiger partial charge in [0.2, 0.25) is 0 Å². The normalized spacial score (nSPS) is 10.0. The van der Waals surface area contributed by atoms with E-state index in [1.165, 1.54) is 11.2 Å². The molecule has 5 nitrogen and oxygen atoms in total. The van der Waals surface area contributed by atoms with Crippen molar-refractivity contribution in [2.24, 2.45) is 0 Å². The lowest BCUT2D eigenvalue weighted by atomic mass is 10.2. The Morgan fingerprint density at radius 1 is 1.53 bits per heavy atom. The molecular formula is C10H13NO4. The van der Waals surface area contributed by atoms with Crippen molar-refractivity contribution in [2.45, 2.75) is 13.3 Å². The zero-order valence-corrected chi connectivity index (χ0v) is 8.69. The molecule has 0 spiro atoms. The summed E-state index contributed by atoms with van der Waals surface area (Å²) in [6.07, 6.45) is 1.37. The van der Waals surface area contributed by atoms with E-state index in [-0.39, 0.29) is 24.6 Å². The highest BCUT2D eigenvalue weighted by Gasteiger charge is 2.17. The van der Waals surface area contributed by atoms with Gasteiger partial charge >= 0.3 is 5.97 Å². The van der Waals surface area contributed by atoms with Crippen molar-refractivity contribution in [3.05, 3.63) is 23.7 Å². The van der Waals surface area contributed by atoms with Crippen molar-refractivity contribution in [3.63, 3.8) is 0 Å². The number of aryl methyl sites for hydroxylation is 1. The first-order valence-electron chi connectivity index (χ1n) is 4.53. The predicted octanol–water partition coefficient (Wildman–Crippen LogP) is 1.13. The zero-order chi connectivity index (χ0) is 11.4. The Bertz CT molecular complexity index is 369. The van der Waals surface area contributed by atoms with Crippen LogP contribution in [0.1, 0.15) is 22.5 Å². The monoisotopic (exact) mass is 211 g/mol. The molecule has 1 N–H and O–H groups in total. The van der Waals surface area contributed by atoms with Crippen LogP contribution in [0.15, 0.2) is 16.7 Å². The van der Waals surface area contributed by atoms with E-state index in [1.807, 2.05) is 0 Å². The molecule has 1 heterocycles. The predicted molar refractivity (Wildman–Crippen MR) is 52.7 cm³/mol. The lowest BCUT2D eigenvalue weighted by Crippen LogP contribution is -2.29. The molecule has 0 aliphatic heterocycles. The second-order valence-electron chi connectivity index (χ2n) is 3.30. The average Bonchev–Trinajstić information content (AvgIpc) is 2.59. The molecule has 0 aliphatic carbocycles. The number of aliphatic carboxylic acids is 1. The van der Waals surface area contributed by atoms with Crippen LogP contribution in [0.4, 0.5) is 0 Å². The van der Waals surface area contributed by atoms with Crippen molar-refractivity contribution < 1.29 is 19.1 Å². The molecule has 0 atom stereocenters. The number of carbonyl (C=O) groups excluding carboxylic acids is 1. The number of carboxylic acid groups (broad SMARTS) is 1. The Hall–Kier alpha value is -1.78. The lowest BCUT2D eigenvalue weighted by molar-refractivity contribution is -0.137. The van der Waals surface area contributed by atoms with E-state index in [0.717, 1.165) is 5.56 Å². The number of nitrogens with zero attached hydrogens (tertiary/aromatic N) is 1. The van der Waals surface area contributed by atoms with Gasteiger partial charge in [-0.3, -0.25) is 9.59 Å². The van der Waals surface area contributed by atoms with Crippen LogP contribution in [0.2, 0.25) is 0 Å². The number of furan rings is 1. The molecule has 0 saturated carbocycles. The summed E-state index contributed by atoms with van der Waals surface area (Å²) < 4.78 is 5.02. The first-order valence-corrected chi connectivity index (χ1v) is 4.53. The smallest absolute Gasteiger partial charge is 0.305 e. The maximum atomic E-state index is 11.7. The van der Waals surface area contributed by atoms with Gasteiger partial charge in [0.05, 0.1) is 12.7 Å². The molecule has 1 aromatic heterocycles. The molecule has 0 radical (unpaired) electrons. The number of hydrogen-bond donors (Lipinski definition) is 1. The summed E-state index contributed by atoms with van der Waals surface area (Å²) in [7, 11) is 1.55. The van der Waals surface area contributed by atoms with Crippen molar-refractivity contribution in [2.75, 3.05) is 13.6 Å². The van der Waals surface area contributed by atoms with Crippen LogP contribution in [0.3, 0.4) is 0 Å². The van der Waals surface area contributed by atoms with E-state index in [4.69, 9.17) is 9.52 Å². The van der Waals surface area contributed by atoms with E-state index >= 15 is 0 Å². The largest absolute Gasteiger partial charge is 0.481 e. The molecule has 0 aliphatic rings. The summed E-state index contributed by atoms with van der Waals surface area (Å²) in [5.74, 6) is -0.951. The molecule has 5 heteroatoms. The molecule has 0 aromatic carbocycles. The third kappa shape index (κ3) is 2.83. The van der Waals surface area contributed by atoms with E-state index in [2.05, 4.69) is 0 Å². The fourth-order valence-electron chi connectivity index (χ4n) is 1.13. The standard InChI is InChI=1S/C10H13NO4/c1-7-4-6-15-9(7)10(14)11(2)5-3-8(12)13/h4,6H,3,5H2,1-2H3,(H,12,13). The molecule has 1 aromatic rings. The van der Waals surface area contributed by atoms with Gasteiger partial charge in [0.25, 0.3) is 5.91 Å². The van der Waals surface area contributed by atoms with Gasteiger partial charge in [-0.2, -0.15) is 0 Å². The fourth-order valence-corrected chi connectivity index (χ4v) is 1.13. The van der Waals surface area contributed by atoms with Gasteiger partial charge < -0.3 is 14.4 Å². The quantitative estimate of drug-likeness (QED) is 0.810. The number of carboxylic acids is 1. The van der Waals surface area contributed by atoms with Gasteiger partial charge in [0, 0.05) is 19.2 Å². The Balaban J connectivity index is 2.61. The van der Waals surface area contributed by atoms with Crippen LogP contribution in [-0.4, -0.2) is 35.5 Å². The molecule has 0 fully saturated rings. The lowest BCUT2D eigenvalue weighted by Gasteiger charge is -2.14. The highest BCUT2D eigenvalue weighted by molar-refractivity contribution is 5.92. The summed E-state index contributed by atoms with van der Waals surface area (Å²) in [6, 6.07) is 1.69. The number of carbonyl (C=O) groups is 2. The number of rotatable bonds is 4. The highest BCUT2D eigenvalue weighted by atomic mass is 16.4. The Morgan fingerprint density at radius 2 is 2.20 bits per heavy atom. The summed E-state index contributed by atoms with van der Waals surface area (Å²) in [6.45, 7) is 1.94. The molecule has 1 amide bonds. The van der Waals surface area contributed by atoms with Gasteiger partial charge in [-0.1, -0.05) is 0 Å². The topological polar surface area (TPSA) is 70.8 Å². The number of amides is 1. The average molecular weight is 211 g/mol. The Labute approximate surface area is 87.3 Å². The van der Waals surface area contributed by atoms with Crippen molar-refractivity contribution in [1.82, 2.24) is 4.90 Å². The van der Waals surface area contributed by atoms with Crippen molar-refractivity contribution in [1.29, 1.82) is 0 Å². The molecule has 1 rings (SSSR count). The van der Waals surface area contributed by atoms with Crippen LogP contribution < -0.4 is 0 Å². The molecule has 82 valence electrons. The van der Waals surface area contributed by atoms with Crippen molar-refractivity contribution in [3.8, 4) is 0 Å². The minimum Gasteiger partial charge on any atom is -0.481 e. The minimum absolute atomic E-state index is 0.0675. The molecule has 0 saturated heterocycles. The van der Waals surface area contributed by atoms with Crippen molar-refractivity contribution >= 4 is 11.9 Å². The maximum Gasteiger partial charge on any atom is 0.305 e. The third-order valence-electron chi connectivity index (χ3n) is 2.06. The third-order valence-corrected chi connectivity index (χ3v) is 2.06. The van der Waals surface area contributed by atoms with E-state index in [0.29, 0.717) is 0 Å². The van der Waals surface area contributed by atoms with Crippen LogP contribution >= 0.6 is 0 Å². The van der Waals surface area contributed by atoms with Crippen LogP contribution in [-0.2, 0) is 4.79 Å². The SMILES string of the molecule is Cc1ccoc1C(=O)N(C)CCC(=O)O. The fraction of sp³-hybridized carbons (Fsp3) is 0.400. The van der Waals surface area contributed by atoms with E-state index in [1.54, 1.807) is 20.0 Å². The van der Waals surface area contributed by atoms with Gasteiger partial charge in [0.1, 0.15) is 0 Å². The van der Waals surface area contributed by atoms with Gasteiger partial charge in [-0.25, -0.2) is 0 Å². The second-order valence-corrected chi connectivity index (χ2v) is 3.30. The van der Waals surface area contributed by atoms with Gasteiger partial charge in [-0.15, -0.1) is 0 Å². The molecular weight excluding hydrogens is 198 g/mol. The van der Waals surface area contributed by atoms with Crippen LogP contribution in [0.25, 0.3) is 0 Å². The zero-order valence-electron chi connectivity index (χ0n) is 8.69. The minimum atomic E-state index is -0.925. The van der Waals surface area contributed by atoms with Crippen LogP contribution in [0, 0.1) is 6.92 Å². The Kier molecular flexibility index (Phi) is 3.49. The molecule has 0 bridgehead atoms. The molecule has 0 unspecified atom stereocenters. The maximum absolute atomic E-state index is 11.7. The van der Waals surface area contributed by atoms with Crippen LogP contribution in [0.5, 0.6) is 0 Å². The highest BCUT2D eigenvalue weighted by Crippen LogP contribution is 2.11. The number of hydrogen-bond acceptors (Lipinski definition) is 3. The van der Waals surface area contributed by atoms with Gasteiger partial charge in [0.15, 0.2) is 5.76 Å². The van der Waals surface area contributed by atoms with E-state index < -0.39 is 5.97 Å². The molecule has 15 heavy (non-hydrogen) atoms. The first-order chi connectivity index (χ1) is 7.02. The first kappa shape index (κ1) is 11.3.